The molecule has 1 fully saturated rings. The fourth-order valence-corrected chi connectivity index (χ4v) is 2.25. The van der Waals surface area contributed by atoms with Crippen molar-refractivity contribution in [2.75, 3.05) is 18.0 Å². The zero-order valence-corrected chi connectivity index (χ0v) is 8.10. The quantitative estimate of drug-likeness (QED) is 0.699. The van der Waals surface area contributed by atoms with E-state index in [2.05, 4.69) is 22.0 Å². The maximum Gasteiger partial charge on any atom is 0.208 e. The van der Waals surface area contributed by atoms with Crippen LogP contribution >= 0.6 is 11.3 Å². The van der Waals surface area contributed by atoms with E-state index in [9.17, 15) is 0 Å². The van der Waals surface area contributed by atoms with Crippen LogP contribution in [-0.4, -0.2) is 23.3 Å². The summed E-state index contributed by atoms with van der Waals surface area (Å²) in [6.45, 7) is 4.45. The van der Waals surface area contributed by atoms with Gasteiger partial charge in [-0.1, -0.05) is 18.3 Å². The fourth-order valence-electron chi connectivity index (χ4n) is 1.42. The van der Waals surface area contributed by atoms with Gasteiger partial charge in [-0.25, -0.2) is 0 Å². The topological polar surface area (TPSA) is 29.0 Å². The number of anilines is 1. The van der Waals surface area contributed by atoms with Gasteiger partial charge in [0.15, 0.2) is 0 Å². The molecule has 0 unspecified atom stereocenters. The highest BCUT2D eigenvalue weighted by Crippen LogP contribution is 2.23. The lowest BCUT2D eigenvalue weighted by Gasteiger charge is -2.10. The Morgan fingerprint density at radius 3 is 2.67 bits per heavy atom. The van der Waals surface area contributed by atoms with Crippen molar-refractivity contribution in [3.63, 3.8) is 0 Å². The van der Waals surface area contributed by atoms with Crippen molar-refractivity contribution in [3.05, 3.63) is 5.01 Å². The normalized spacial score (nSPS) is 17.2. The number of aromatic nitrogens is 2. The number of rotatable bonds is 2. The summed E-state index contributed by atoms with van der Waals surface area (Å²) in [6, 6.07) is 0. The average molecular weight is 183 g/mol. The molecule has 1 aromatic heterocycles. The van der Waals surface area contributed by atoms with Gasteiger partial charge in [-0.2, -0.15) is 0 Å². The van der Waals surface area contributed by atoms with Gasteiger partial charge in [-0.3, -0.25) is 0 Å². The summed E-state index contributed by atoms with van der Waals surface area (Å²) >= 11 is 1.73. The van der Waals surface area contributed by atoms with Gasteiger partial charge in [-0.05, 0) is 19.3 Å². The fraction of sp³-hybridized carbons (Fsp3) is 0.750. The summed E-state index contributed by atoms with van der Waals surface area (Å²) in [7, 11) is 0. The average Bonchev–Trinajstić information content (AvgIpc) is 2.75. The lowest BCUT2D eigenvalue weighted by atomic mass is 10.4. The predicted molar refractivity (Wildman–Crippen MR) is 50.7 cm³/mol. The third-order valence-electron chi connectivity index (χ3n) is 2.14. The van der Waals surface area contributed by atoms with Crippen LogP contribution in [0, 0.1) is 0 Å². The zero-order valence-electron chi connectivity index (χ0n) is 7.29. The SMILES string of the molecule is CCc1nnc(N2CCCC2)s1. The van der Waals surface area contributed by atoms with Crippen LogP contribution in [0.2, 0.25) is 0 Å². The Hall–Kier alpha value is -0.640. The molecule has 0 radical (unpaired) electrons. The van der Waals surface area contributed by atoms with Gasteiger partial charge in [0.1, 0.15) is 5.01 Å². The van der Waals surface area contributed by atoms with E-state index in [1.165, 1.54) is 25.9 Å². The second kappa shape index (κ2) is 3.39. The molecule has 1 saturated heterocycles. The van der Waals surface area contributed by atoms with Crippen molar-refractivity contribution in [3.8, 4) is 0 Å². The Kier molecular flexibility index (Phi) is 2.26. The van der Waals surface area contributed by atoms with Crippen LogP contribution < -0.4 is 4.90 Å². The van der Waals surface area contributed by atoms with Crippen molar-refractivity contribution < 1.29 is 0 Å². The molecule has 66 valence electrons. The molecule has 12 heavy (non-hydrogen) atoms. The van der Waals surface area contributed by atoms with E-state index in [-0.39, 0.29) is 0 Å². The molecule has 3 nitrogen and oxygen atoms in total. The van der Waals surface area contributed by atoms with Crippen LogP contribution in [0.5, 0.6) is 0 Å². The van der Waals surface area contributed by atoms with E-state index in [0.29, 0.717) is 0 Å². The monoisotopic (exact) mass is 183 g/mol. The standard InChI is InChI=1S/C8H13N3S/c1-2-7-9-10-8(12-7)11-5-3-4-6-11/h2-6H2,1H3. The molecule has 0 atom stereocenters. The molecule has 1 aliphatic heterocycles. The van der Waals surface area contributed by atoms with Crippen molar-refractivity contribution in [1.29, 1.82) is 0 Å². The minimum atomic E-state index is 1.01. The van der Waals surface area contributed by atoms with Crippen molar-refractivity contribution >= 4 is 16.5 Å². The summed E-state index contributed by atoms with van der Waals surface area (Å²) in [5.74, 6) is 0. The minimum Gasteiger partial charge on any atom is -0.347 e. The molecule has 0 bridgehead atoms. The van der Waals surface area contributed by atoms with Crippen LogP contribution in [0.4, 0.5) is 5.13 Å². The molecular formula is C8H13N3S. The molecule has 0 saturated carbocycles. The smallest absolute Gasteiger partial charge is 0.208 e. The summed E-state index contributed by atoms with van der Waals surface area (Å²) < 4.78 is 0. The summed E-state index contributed by atoms with van der Waals surface area (Å²) in [5.41, 5.74) is 0. The maximum absolute atomic E-state index is 4.16. The highest BCUT2D eigenvalue weighted by Gasteiger charge is 2.15. The number of hydrogen-bond donors (Lipinski definition) is 0. The summed E-state index contributed by atoms with van der Waals surface area (Å²) in [4.78, 5) is 2.33. The van der Waals surface area contributed by atoms with Crippen LogP contribution in [0.25, 0.3) is 0 Å². The van der Waals surface area contributed by atoms with E-state index in [0.717, 1.165) is 16.6 Å². The third-order valence-corrected chi connectivity index (χ3v) is 3.26. The zero-order chi connectivity index (χ0) is 8.39. The van der Waals surface area contributed by atoms with Crippen LogP contribution in [-0.2, 0) is 6.42 Å². The van der Waals surface area contributed by atoms with Crippen molar-refractivity contribution in [1.82, 2.24) is 10.2 Å². The largest absolute Gasteiger partial charge is 0.347 e. The van der Waals surface area contributed by atoms with Gasteiger partial charge < -0.3 is 4.90 Å². The highest BCUT2D eigenvalue weighted by molar-refractivity contribution is 7.15. The molecule has 1 aliphatic rings. The lowest BCUT2D eigenvalue weighted by molar-refractivity contribution is 0.911. The molecule has 0 N–H and O–H groups in total. The molecular weight excluding hydrogens is 170 g/mol. The molecule has 2 heterocycles. The Bertz CT molecular complexity index is 253. The Labute approximate surface area is 76.4 Å². The molecule has 0 spiro atoms. The first-order chi connectivity index (χ1) is 5.90. The van der Waals surface area contributed by atoms with Gasteiger partial charge in [0.2, 0.25) is 5.13 Å². The number of nitrogens with zero attached hydrogens (tertiary/aromatic N) is 3. The van der Waals surface area contributed by atoms with Gasteiger partial charge in [0, 0.05) is 13.1 Å². The summed E-state index contributed by atoms with van der Waals surface area (Å²) in [5, 5.41) is 10.5. The Balaban J connectivity index is 2.11. The van der Waals surface area contributed by atoms with Gasteiger partial charge >= 0.3 is 0 Å². The molecule has 2 rings (SSSR count). The lowest BCUT2D eigenvalue weighted by Crippen LogP contribution is -2.17. The van der Waals surface area contributed by atoms with Gasteiger partial charge in [0.25, 0.3) is 0 Å². The van der Waals surface area contributed by atoms with Crippen LogP contribution in [0.1, 0.15) is 24.8 Å². The molecule has 1 aromatic rings. The second-order valence-electron chi connectivity index (χ2n) is 3.03. The van der Waals surface area contributed by atoms with E-state index >= 15 is 0 Å². The van der Waals surface area contributed by atoms with Crippen molar-refractivity contribution in [2.24, 2.45) is 0 Å². The van der Waals surface area contributed by atoms with E-state index in [4.69, 9.17) is 0 Å². The molecule has 0 aliphatic carbocycles. The first kappa shape index (κ1) is 7.98. The van der Waals surface area contributed by atoms with E-state index in [1.54, 1.807) is 11.3 Å². The van der Waals surface area contributed by atoms with E-state index < -0.39 is 0 Å². The highest BCUT2D eigenvalue weighted by atomic mass is 32.1. The van der Waals surface area contributed by atoms with Crippen LogP contribution in [0.15, 0.2) is 0 Å². The Morgan fingerprint density at radius 1 is 1.33 bits per heavy atom. The Morgan fingerprint density at radius 2 is 2.08 bits per heavy atom. The molecule has 0 amide bonds. The number of hydrogen-bond acceptors (Lipinski definition) is 4. The first-order valence-electron chi connectivity index (χ1n) is 4.47. The van der Waals surface area contributed by atoms with Crippen molar-refractivity contribution in [2.45, 2.75) is 26.2 Å². The second-order valence-corrected chi connectivity index (χ2v) is 4.07. The number of aryl methyl sites for hydroxylation is 1. The minimum absolute atomic E-state index is 1.01. The third kappa shape index (κ3) is 1.43. The maximum atomic E-state index is 4.16. The predicted octanol–water partition coefficient (Wildman–Crippen LogP) is 1.70. The van der Waals surface area contributed by atoms with Gasteiger partial charge in [0.05, 0.1) is 0 Å². The van der Waals surface area contributed by atoms with Gasteiger partial charge in [-0.15, -0.1) is 10.2 Å². The summed E-state index contributed by atoms with van der Waals surface area (Å²) in [6.07, 6.45) is 3.62. The first-order valence-corrected chi connectivity index (χ1v) is 5.29. The molecule has 0 aromatic carbocycles. The molecule has 4 heteroatoms. The van der Waals surface area contributed by atoms with Crippen LogP contribution in [0.3, 0.4) is 0 Å². The van der Waals surface area contributed by atoms with E-state index in [1.807, 2.05) is 0 Å².